The monoisotopic (exact) mass is 396 g/mol. The maximum absolute atomic E-state index is 12.7. The summed E-state index contributed by atoms with van der Waals surface area (Å²) in [4.78, 5) is 24.5. The first-order valence-electron chi connectivity index (χ1n) is 9.93. The third kappa shape index (κ3) is 5.89. The van der Waals surface area contributed by atoms with Crippen molar-refractivity contribution in [3.63, 3.8) is 0 Å². The van der Waals surface area contributed by atoms with Crippen LogP contribution in [0.1, 0.15) is 44.1 Å². The molecule has 0 aliphatic carbocycles. The summed E-state index contributed by atoms with van der Waals surface area (Å²) in [5.41, 5.74) is 6.84. The van der Waals surface area contributed by atoms with Crippen molar-refractivity contribution in [3.8, 4) is 0 Å². The lowest BCUT2D eigenvalue weighted by Crippen LogP contribution is -2.54. The Morgan fingerprint density at radius 2 is 1.89 bits per heavy atom. The van der Waals surface area contributed by atoms with E-state index < -0.39 is 18.5 Å². The fourth-order valence-electron chi connectivity index (χ4n) is 3.87. The molecule has 1 aromatic rings. The second-order valence-corrected chi connectivity index (χ2v) is 10.3. The molecule has 7 heteroatoms. The molecule has 0 spiro atoms. The van der Waals surface area contributed by atoms with E-state index in [2.05, 4.69) is 17.0 Å². The molecule has 2 atom stereocenters. The fraction of sp³-hybridized carbons (Fsp3) is 0.650. The Bertz CT molecular complexity index is 640. The average molecular weight is 396 g/mol. The van der Waals surface area contributed by atoms with E-state index in [-0.39, 0.29) is 19.1 Å². The fourth-order valence-corrected chi connectivity index (χ4v) is 6.08. The van der Waals surface area contributed by atoms with Crippen LogP contribution in [0.15, 0.2) is 30.3 Å². The van der Waals surface area contributed by atoms with Crippen LogP contribution in [0.25, 0.3) is 0 Å². The molecule has 2 unspecified atom stereocenters. The maximum Gasteiger partial charge on any atom is 0.320 e. The number of carbonyl (C=O) groups is 1. The minimum Gasteiger partial charge on any atom is -0.480 e. The molecule has 0 radical (unpaired) electrons. The van der Waals surface area contributed by atoms with Gasteiger partial charge in [0.05, 0.1) is 0 Å². The van der Waals surface area contributed by atoms with Crippen LogP contribution in [0.2, 0.25) is 0 Å². The van der Waals surface area contributed by atoms with Gasteiger partial charge in [-0.1, -0.05) is 43.2 Å². The van der Waals surface area contributed by atoms with Gasteiger partial charge in [0.1, 0.15) is 0 Å². The van der Waals surface area contributed by atoms with Crippen molar-refractivity contribution in [3.05, 3.63) is 35.9 Å². The molecule has 2 rings (SSSR count). The molecule has 27 heavy (non-hydrogen) atoms. The lowest BCUT2D eigenvalue weighted by Gasteiger charge is -2.43. The van der Waals surface area contributed by atoms with Gasteiger partial charge < -0.3 is 20.6 Å². The zero-order chi connectivity index (χ0) is 19.8. The molecule has 4 N–H and O–H groups in total. The number of hydrogen-bond acceptors (Lipinski definition) is 4. The quantitative estimate of drug-likeness (QED) is 0.392. The molecule has 152 valence electrons. The molecule has 1 aliphatic heterocycles. The minimum atomic E-state index is -3.73. The summed E-state index contributed by atoms with van der Waals surface area (Å²) in [6.45, 7) is 1.91. The predicted molar refractivity (Wildman–Crippen MR) is 108 cm³/mol. The minimum absolute atomic E-state index is 0.0614. The number of aryl methyl sites for hydroxylation is 1. The number of aliphatic carboxylic acids is 1. The van der Waals surface area contributed by atoms with Crippen LogP contribution in [0.3, 0.4) is 0 Å². The summed E-state index contributed by atoms with van der Waals surface area (Å²) >= 11 is 0. The number of carboxylic acids is 1. The van der Waals surface area contributed by atoms with E-state index in [0.717, 1.165) is 32.2 Å². The number of unbranched alkanes of at least 4 members (excludes halogenated alkanes) is 3. The highest BCUT2D eigenvalue weighted by Gasteiger charge is 2.56. The molecular weight excluding hydrogens is 363 g/mol. The summed E-state index contributed by atoms with van der Waals surface area (Å²) in [5.74, 6) is -1.14. The zero-order valence-corrected chi connectivity index (χ0v) is 16.9. The maximum atomic E-state index is 12.7. The van der Waals surface area contributed by atoms with Gasteiger partial charge >= 0.3 is 5.97 Å². The Morgan fingerprint density at radius 1 is 1.15 bits per heavy atom. The van der Waals surface area contributed by atoms with E-state index in [0.29, 0.717) is 25.9 Å². The normalized spacial score (nSPS) is 26.1. The number of carboxylic acid groups (broad SMARTS) is 1. The van der Waals surface area contributed by atoms with Gasteiger partial charge in [-0.3, -0.25) is 9.36 Å². The largest absolute Gasteiger partial charge is 0.480 e. The second-order valence-electron chi connectivity index (χ2n) is 7.58. The molecule has 1 heterocycles. The second kappa shape index (κ2) is 10.4. The lowest BCUT2D eigenvalue weighted by molar-refractivity contribution is -0.141. The summed E-state index contributed by atoms with van der Waals surface area (Å²) in [6.07, 6.45) is 5.70. The topological polar surface area (TPSA) is 104 Å². The lowest BCUT2D eigenvalue weighted by atomic mass is 9.99. The summed E-state index contributed by atoms with van der Waals surface area (Å²) < 4.78 is 12.7. The molecule has 1 aliphatic rings. The molecule has 1 saturated heterocycles. The average Bonchev–Trinajstić information content (AvgIpc) is 2.64. The highest BCUT2D eigenvalue weighted by atomic mass is 31.2. The Hall–Kier alpha value is -1.20. The summed E-state index contributed by atoms with van der Waals surface area (Å²) in [5, 5.41) is 8.25. The van der Waals surface area contributed by atoms with Crippen LogP contribution >= 0.6 is 7.37 Å². The first kappa shape index (κ1) is 22.1. The van der Waals surface area contributed by atoms with Crippen molar-refractivity contribution in [2.45, 2.75) is 50.1 Å². The SMILES string of the molecule is NCCCCC1(C(=O)O)CN(CCCCCc2ccccc2)CCP1(=O)O. The van der Waals surface area contributed by atoms with Crippen LogP contribution in [0, 0.1) is 0 Å². The number of hydrogen-bond donors (Lipinski definition) is 3. The van der Waals surface area contributed by atoms with Crippen LogP contribution in [-0.2, 0) is 15.8 Å². The zero-order valence-electron chi connectivity index (χ0n) is 16.1. The number of benzene rings is 1. The Kier molecular flexibility index (Phi) is 8.49. The molecule has 6 nitrogen and oxygen atoms in total. The standard InChI is InChI=1S/C20H33N2O4P/c21-13-7-6-12-20(19(23)24)17-22(15-16-27(20,25)26)14-8-2-5-11-18-9-3-1-4-10-18/h1,3-4,9-10H,2,5-8,11-17,21H2,(H,23,24)(H,25,26). The Labute approximate surface area is 162 Å². The van der Waals surface area contributed by atoms with Crippen LogP contribution in [-0.4, -0.2) is 58.4 Å². The van der Waals surface area contributed by atoms with E-state index in [1.165, 1.54) is 5.56 Å². The molecular formula is C20H33N2O4P. The van der Waals surface area contributed by atoms with E-state index in [9.17, 15) is 19.4 Å². The molecule has 0 saturated carbocycles. The highest BCUT2D eigenvalue weighted by molar-refractivity contribution is 7.61. The van der Waals surface area contributed by atoms with Crippen molar-refractivity contribution < 1.29 is 19.4 Å². The summed E-state index contributed by atoms with van der Waals surface area (Å²) in [6, 6.07) is 10.4. The smallest absolute Gasteiger partial charge is 0.320 e. The van der Waals surface area contributed by atoms with E-state index in [1.807, 2.05) is 18.2 Å². The van der Waals surface area contributed by atoms with Crippen molar-refractivity contribution in [1.82, 2.24) is 4.90 Å². The first-order chi connectivity index (χ1) is 12.9. The molecule has 1 aromatic carbocycles. The number of nitrogens with two attached hydrogens (primary N) is 1. The first-order valence-corrected chi connectivity index (χ1v) is 11.8. The highest BCUT2D eigenvalue weighted by Crippen LogP contribution is 2.59. The van der Waals surface area contributed by atoms with Gasteiger partial charge in [-0.2, -0.15) is 0 Å². The molecule has 0 amide bonds. The Balaban J connectivity index is 1.85. The van der Waals surface area contributed by atoms with Crippen LogP contribution in [0.5, 0.6) is 0 Å². The van der Waals surface area contributed by atoms with Gasteiger partial charge in [-0.05, 0) is 50.8 Å². The predicted octanol–water partition coefficient (Wildman–Crippen LogP) is 2.94. The van der Waals surface area contributed by atoms with Crippen LogP contribution < -0.4 is 5.73 Å². The molecule has 1 fully saturated rings. The van der Waals surface area contributed by atoms with Crippen molar-refractivity contribution >= 4 is 13.3 Å². The van der Waals surface area contributed by atoms with Gasteiger partial charge in [-0.25, -0.2) is 0 Å². The van der Waals surface area contributed by atoms with Gasteiger partial charge in [0.15, 0.2) is 5.16 Å². The van der Waals surface area contributed by atoms with Crippen molar-refractivity contribution in [1.29, 1.82) is 0 Å². The third-order valence-corrected chi connectivity index (χ3v) is 8.30. The van der Waals surface area contributed by atoms with E-state index in [4.69, 9.17) is 5.73 Å². The van der Waals surface area contributed by atoms with Crippen molar-refractivity contribution in [2.75, 3.05) is 32.3 Å². The van der Waals surface area contributed by atoms with Crippen LogP contribution in [0.4, 0.5) is 0 Å². The van der Waals surface area contributed by atoms with Gasteiger partial charge in [0, 0.05) is 19.3 Å². The van der Waals surface area contributed by atoms with Gasteiger partial charge in [0.2, 0.25) is 7.37 Å². The molecule has 0 aromatic heterocycles. The van der Waals surface area contributed by atoms with E-state index >= 15 is 0 Å². The van der Waals surface area contributed by atoms with Gasteiger partial charge in [0.25, 0.3) is 0 Å². The van der Waals surface area contributed by atoms with Crippen molar-refractivity contribution in [2.24, 2.45) is 5.73 Å². The van der Waals surface area contributed by atoms with E-state index in [1.54, 1.807) is 0 Å². The Morgan fingerprint density at radius 3 is 2.56 bits per heavy atom. The third-order valence-electron chi connectivity index (χ3n) is 5.60. The number of nitrogens with zero attached hydrogens (tertiary/aromatic N) is 1. The number of rotatable bonds is 11. The summed E-state index contributed by atoms with van der Waals surface area (Å²) in [7, 11) is -3.73. The van der Waals surface area contributed by atoms with Gasteiger partial charge in [-0.15, -0.1) is 0 Å². The molecule has 0 bridgehead atoms.